The predicted molar refractivity (Wildman–Crippen MR) is 155 cm³/mol. The lowest BCUT2D eigenvalue weighted by Crippen LogP contribution is -2.23. The van der Waals surface area contributed by atoms with Crippen molar-refractivity contribution < 1.29 is 19.2 Å². The first-order valence-corrected chi connectivity index (χ1v) is 12.7. The number of carbonyl (C=O) groups excluding carboxylic acids is 2. The zero-order chi connectivity index (χ0) is 29.2. The molecular weight excluding hydrogens is 510 g/mol. The molecule has 40 heavy (non-hydrogen) atoms. The lowest BCUT2D eigenvalue weighted by atomic mass is 10.1. The molecule has 0 heterocycles. The monoisotopic (exact) mass is 541 g/mol. The second-order valence-electron chi connectivity index (χ2n) is 8.98. The van der Waals surface area contributed by atoms with E-state index in [1.54, 1.807) is 12.1 Å². The number of aryl methyl sites for hydroxylation is 2. The van der Waals surface area contributed by atoms with Crippen LogP contribution in [0.15, 0.2) is 66.2 Å². The van der Waals surface area contributed by atoms with Gasteiger partial charge in [-0.2, -0.15) is 5.26 Å². The first-order valence-electron chi connectivity index (χ1n) is 12.7. The van der Waals surface area contributed by atoms with Gasteiger partial charge in [-0.25, -0.2) is 0 Å². The predicted octanol–water partition coefficient (Wildman–Crippen LogP) is 5.62. The summed E-state index contributed by atoms with van der Waals surface area (Å²) in [6, 6.07) is 18.5. The van der Waals surface area contributed by atoms with Crippen LogP contribution in [-0.2, 0) is 9.59 Å². The minimum atomic E-state index is -0.571. The zero-order valence-electron chi connectivity index (χ0n) is 22.9. The number of ether oxygens (including phenoxy) is 1. The molecule has 0 unspecified atom stereocenters. The maximum absolute atomic E-state index is 13.0. The molecular formula is C30H31N5O5. The third-order valence-corrected chi connectivity index (χ3v) is 6.13. The number of hydrogen-bond donors (Lipinski definition) is 2. The summed E-state index contributed by atoms with van der Waals surface area (Å²) >= 11 is 0. The van der Waals surface area contributed by atoms with E-state index >= 15 is 0 Å². The van der Waals surface area contributed by atoms with Crippen LogP contribution in [0.2, 0.25) is 0 Å². The smallest absolute Gasteiger partial charge is 0.271 e. The molecule has 0 aliphatic rings. The Bertz CT molecular complexity index is 1490. The molecule has 0 saturated carbocycles. The lowest BCUT2D eigenvalue weighted by Gasteiger charge is -2.22. The highest BCUT2D eigenvalue weighted by atomic mass is 16.6. The first kappa shape index (κ1) is 29.4. The summed E-state index contributed by atoms with van der Waals surface area (Å²) in [5, 5.41) is 26.2. The van der Waals surface area contributed by atoms with Gasteiger partial charge in [0.05, 0.1) is 4.92 Å². The number of rotatable bonds is 11. The Labute approximate surface area is 233 Å². The number of carbonyl (C=O) groups is 2. The highest BCUT2D eigenvalue weighted by Gasteiger charge is 2.16. The molecule has 0 spiro atoms. The number of anilines is 3. The summed E-state index contributed by atoms with van der Waals surface area (Å²) in [5.74, 6) is -0.805. The van der Waals surface area contributed by atoms with Crippen molar-refractivity contribution in [2.24, 2.45) is 0 Å². The highest BCUT2D eigenvalue weighted by molar-refractivity contribution is 6.10. The van der Waals surface area contributed by atoms with Gasteiger partial charge in [0.15, 0.2) is 6.61 Å². The summed E-state index contributed by atoms with van der Waals surface area (Å²) in [4.78, 5) is 38.1. The molecule has 0 fully saturated rings. The van der Waals surface area contributed by atoms with Crippen molar-refractivity contribution in [3.8, 4) is 11.8 Å². The third kappa shape index (κ3) is 7.68. The van der Waals surface area contributed by atoms with Crippen molar-refractivity contribution >= 4 is 40.6 Å². The van der Waals surface area contributed by atoms with Gasteiger partial charge in [-0.15, -0.1) is 0 Å². The van der Waals surface area contributed by atoms with Crippen molar-refractivity contribution in [1.29, 1.82) is 5.26 Å². The fourth-order valence-corrected chi connectivity index (χ4v) is 3.95. The van der Waals surface area contributed by atoms with Gasteiger partial charge in [0, 0.05) is 53.9 Å². The number of hydrogen-bond acceptors (Lipinski definition) is 7. The van der Waals surface area contributed by atoms with Gasteiger partial charge >= 0.3 is 0 Å². The Balaban J connectivity index is 1.87. The van der Waals surface area contributed by atoms with Gasteiger partial charge in [-0.1, -0.05) is 18.2 Å². The SMILES string of the molecule is CCN(CC)c1ccc(/C=C(\C#N)C(=O)Nc2cc(C)ccc2C)c(OCC(=O)Nc2cccc([N+](=O)[O-])c2)c1. The van der Waals surface area contributed by atoms with Crippen LogP contribution in [0.5, 0.6) is 5.75 Å². The number of benzene rings is 3. The Morgan fingerprint density at radius 2 is 1.80 bits per heavy atom. The van der Waals surface area contributed by atoms with Gasteiger partial charge in [0.1, 0.15) is 17.4 Å². The van der Waals surface area contributed by atoms with E-state index in [1.165, 1.54) is 30.3 Å². The number of nitriles is 1. The molecule has 10 nitrogen and oxygen atoms in total. The number of non-ortho nitro benzene ring substituents is 1. The lowest BCUT2D eigenvalue weighted by molar-refractivity contribution is -0.384. The van der Waals surface area contributed by atoms with E-state index in [0.29, 0.717) is 17.0 Å². The summed E-state index contributed by atoms with van der Waals surface area (Å²) in [6.07, 6.45) is 1.42. The molecule has 3 aromatic rings. The van der Waals surface area contributed by atoms with E-state index < -0.39 is 23.3 Å². The summed E-state index contributed by atoms with van der Waals surface area (Å²) in [5.41, 5.74) is 3.69. The zero-order valence-corrected chi connectivity index (χ0v) is 22.9. The standard InChI is InChI=1S/C30H31N5O5/c1-5-34(6-2)25-13-12-22(15-23(18-31)30(37)33-27-14-20(3)10-11-21(27)4)28(17-25)40-19-29(36)32-24-8-7-9-26(16-24)35(38)39/h7-17H,5-6,19H2,1-4H3,(H,32,36)(H,33,37)/b23-15+. The average Bonchev–Trinajstić information content (AvgIpc) is 2.94. The van der Waals surface area contributed by atoms with E-state index in [-0.39, 0.29) is 16.9 Å². The van der Waals surface area contributed by atoms with Gasteiger partial charge in [0.2, 0.25) is 0 Å². The van der Waals surface area contributed by atoms with Crippen LogP contribution < -0.4 is 20.3 Å². The number of nitrogens with zero attached hydrogens (tertiary/aromatic N) is 3. The van der Waals surface area contributed by atoms with E-state index in [9.17, 15) is 25.0 Å². The number of nitro groups is 1. The number of nitro benzene ring substituents is 1. The summed E-state index contributed by atoms with van der Waals surface area (Å²) in [7, 11) is 0. The Kier molecular flexibility index (Phi) is 9.97. The van der Waals surface area contributed by atoms with Crippen molar-refractivity contribution in [3.05, 3.63) is 93.0 Å². The Hall–Kier alpha value is -5.17. The molecule has 10 heteroatoms. The third-order valence-electron chi connectivity index (χ3n) is 6.13. The fourth-order valence-electron chi connectivity index (χ4n) is 3.95. The molecule has 0 bridgehead atoms. The van der Waals surface area contributed by atoms with E-state index in [1.807, 2.05) is 58.0 Å². The van der Waals surface area contributed by atoms with Crippen molar-refractivity contribution in [2.45, 2.75) is 27.7 Å². The molecule has 0 atom stereocenters. The fraction of sp³-hybridized carbons (Fsp3) is 0.233. The topological polar surface area (TPSA) is 138 Å². The Morgan fingerprint density at radius 3 is 2.48 bits per heavy atom. The molecule has 2 amide bonds. The van der Waals surface area contributed by atoms with Crippen LogP contribution in [0.4, 0.5) is 22.7 Å². The van der Waals surface area contributed by atoms with E-state index in [0.717, 1.165) is 29.9 Å². The molecule has 0 radical (unpaired) electrons. The maximum Gasteiger partial charge on any atom is 0.271 e. The normalized spacial score (nSPS) is 10.8. The van der Waals surface area contributed by atoms with Gasteiger partial charge in [-0.3, -0.25) is 19.7 Å². The number of nitrogens with one attached hydrogen (secondary N) is 2. The highest BCUT2D eigenvalue weighted by Crippen LogP contribution is 2.29. The maximum atomic E-state index is 13.0. The van der Waals surface area contributed by atoms with Crippen molar-refractivity contribution in [3.63, 3.8) is 0 Å². The van der Waals surface area contributed by atoms with Crippen LogP contribution in [-0.4, -0.2) is 36.4 Å². The van der Waals surface area contributed by atoms with Crippen LogP contribution in [0.25, 0.3) is 6.08 Å². The second-order valence-corrected chi connectivity index (χ2v) is 8.98. The van der Waals surface area contributed by atoms with Crippen LogP contribution >= 0.6 is 0 Å². The summed E-state index contributed by atoms with van der Waals surface area (Å²) in [6.45, 7) is 8.86. The minimum Gasteiger partial charge on any atom is -0.483 e. The van der Waals surface area contributed by atoms with Gasteiger partial charge in [-0.05, 0) is 69.2 Å². The van der Waals surface area contributed by atoms with Crippen LogP contribution in [0.3, 0.4) is 0 Å². The van der Waals surface area contributed by atoms with Crippen LogP contribution in [0.1, 0.15) is 30.5 Å². The molecule has 3 aromatic carbocycles. The van der Waals surface area contributed by atoms with Crippen molar-refractivity contribution in [1.82, 2.24) is 0 Å². The molecule has 0 aromatic heterocycles. The molecule has 0 aliphatic heterocycles. The summed E-state index contributed by atoms with van der Waals surface area (Å²) < 4.78 is 5.85. The first-order chi connectivity index (χ1) is 19.1. The van der Waals surface area contributed by atoms with Gasteiger partial charge in [0.25, 0.3) is 17.5 Å². The molecule has 206 valence electrons. The minimum absolute atomic E-state index is 0.137. The quantitative estimate of drug-likeness (QED) is 0.139. The Morgan fingerprint density at radius 1 is 1.05 bits per heavy atom. The molecule has 3 rings (SSSR count). The largest absolute Gasteiger partial charge is 0.483 e. The van der Waals surface area contributed by atoms with Crippen LogP contribution in [0, 0.1) is 35.3 Å². The average molecular weight is 542 g/mol. The molecule has 0 aliphatic carbocycles. The molecule has 0 saturated heterocycles. The van der Waals surface area contributed by atoms with Crippen molar-refractivity contribution in [2.75, 3.05) is 35.2 Å². The van der Waals surface area contributed by atoms with E-state index in [2.05, 4.69) is 15.5 Å². The second kappa shape index (κ2) is 13.6. The molecule has 2 N–H and O–H groups in total. The van der Waals surface area contributed by atoms with Gasteiger partial charge < -0.3 is 20.3 Å². The van der Waals surface area contributed by atoms with E-state index in [4.69, 9.17) is 4.74 Å². The number of amides is 2.